The van der Waals surface area contributed by atoms with Crippen LogP contribution in [0.4, 0.5) is 5.69 Å². The Balaban J connectivity index is 1.82. The Morgan fingerprint density at radius 2 is 1.90 bits per heavy atom. The van der Waals surface area contributed by atoms with Crippen LogP contribution in [0.25, 0.3) is 0 Å². The molecule has 31 heavy (non-hydrogen) atoms. The van der Waals surface area contributed by atoms with E-state index in [0.29, 0.717) is 17.9 Å². The van der Waals surface area contributed by atoms with Crippen molar-refractivity contribution < 1.29 is 9.53 Å². The fraction of sp³-hybridized carbons (Fsp3) is 0.458. The van der Waals surface area contributed by atoms with E-state index in [9.17, 15) is 10.1 Å². The van der Waals surface area contributed by atoms with Crippen molar-refractivity contribution in [3.05, 3.63) is 52.5 Å². The minimum atomic E-state index is -0.357. The van der Waals surface area contributed by atoms with E-state index in [4.69, 9.17) is 15.6 Å². The van der Waals surface area contributed by atoms with Crippen LogP contribution in [-0.2, 0) is 4.79 Å². The molecule has 1 atom stereocenters. The zero-order chi connectivity index (χ0) is 22.3. The van der Waals surface area contributed by atoms with Crippen LogP contribution in [0, 0.1) is 11.3 Å². The molecule has 0 bridgehead atoms. The van der Waals surface area contributed by atoms with E-state index >= 15 is 0 Å². The number of allylic oxidation sites excluding steroid dienone is 1. The summed E-state index contributed by atoms with van der Waals surface area (Å²) >= 11 is 0. The van der Waals surface area contributed by atoms with Gasteiger partial charge in [-0.05, 0) is 50.3 Å². The highest BCUT2D eigenvalue weighted by molar-refractivity contribution is 5.94. The number of fused-ring (bicyclic) bond motifs is 1. The predicted molar refractivity (Wildman–Crippen MR) is 119 cm³/mol. The summed E-state index contributed by atoms with van der Waals surface area (Å²) in [5, 5.41) is 14.7. The molecule has 0 radical (unpaired) electrons. The fourth-order valence-corrected chi connectivity index (χ4v) is 4.42. The number of hydrogen-bond acceptors (Lipinski definition) is 5. The van der Waals surface area contributed by atoms with Crippen LogP contribution in [-0.4, -0.2) is 22.2 Å². The van der Waals surface area contributed by atoms with Gasteiger partial charge < -0.3 is 15.4 Å². The maximum atomic E-state index is 12.3. The number of ether oxygens (including phenoxy) is 1. The number of piperidine rings is 1. The number of anilines is 1. The van der Waals surface area contributed by atoms with Crippen molar-refractivity contribution in [1.29, 1.82) is 5.26 Å². The Bertz CT molecular complexity index is 1070. The first-order valence-electron chi connectivity index (χ1n) is 10.9. The number of benzene rings is 1. The normalized spacial score (nSPS) is 18.9. The van der Waals surface area contributed by atoms with E-state index in [1.165, 1.54) is 0 Å². The number of amides is 1. The first kappa shape index (κ1) is 21.0. The highest BCUT2D eigenvalue weighted by Crippen LogP contribution is 2.46. The van der Waals surface area contributed by atoms with Crippen LogP contribution in [0.15, 0.2) is 35.7 Å². The van der Waals surface area contributed by atoms with Gasteiger partial charge in [-0.15, -0.1) is 0 Å². The maximum Gasteiger partial charge on any atom is 0.226 e. The van der Waals surface area contributed by atoms with Gasteiger partial charge in [-0.2, -0.15) is 10.4 Å². The number of rotatable bonds is 4. The number of carbonyl (C=O) groups excluding carboxylic acids is 1. The van der Waals surface area contributed by atoms with Gasteiger partial charge in [0.05, 0.1) is 23.2 Å². The number of nitrogens with two attached hydrogens (primary N) is 1. The zero-order valence-corrected chi connectivity index (χ0v) is 18.6. The van der Waals surface area contributed by atoms with E-state index in [1.807, 2.05) is 47.7 Å². The largest absolute Gasteiger partial charge is 0.422 e. The molecule has 2 aliphatic rings. The lowest BCUT2D eigenvalue weighted by Gasteiger charge is -2.28. The van der Waals surface area contributed by atoms with Gasteiger partial charge in [0, 0.05) is 18.7 Å². The highest BCUT2D eigenvalue weighted by atomic mass is 16.5. The molecule has 7 nitrogen and oxygen atoms in total. The summed E-state index contributed by atoms with van der Waals surface area (Å²) in [6, 6.07) is 10.2. The van der Waals surface area contributed by atoms with Crippen molar-refractivity contribution in [3.63, 3.8) is 0 Å². The van der Waals surface area contributed by atoms with E-state index in [0.717, 1.165) is 41.9 Å². The summed E-state index contributed by atoms with van der Waals surface area (Å²) in [5.74, 6) is 0.687. The molecule has 1 amide bonds. The van der Waals surface area contributed by atoms with E-state index < -0.39 is 0 Å². The topological polar surface area (TPSA) is 97.2 Å². The first-order valence-corrected chi connectivity index (χ1v) is 10.9. The van der Waals surface area contributed by atoms with Crippen molar-refractivity contribution >= 4 is 11.6 Å². The third-order valence-electron chi connectivity index (χ3n) is 6.00. The van der Waals surface area contributed by atoms with Gasteiger partial charge >= 0.3 is 0 Å². The van der Waals surface area contributed by atoms with Gasteiger partial charge in [-0.3, -0.25) is 4.79 Å². The summed E-state index contributed by atoms with van der Waals surface area (Å²) in [4.78, 5) is 14.1. The van der Waals surface area contributed by atoms with Gasteiger partial charge in [-0.1, -0.05) is 26.0 Å². The van der Waals surface area contributed by atoms with Crippen LogP contribution >= 0.6 is 0 Å². The Morgan fingerprint density at radius 1 is 1.19 bits per heavy atom. The van der Waals surface area contributed by atoms with Gasteiger partial charge in [0.1, 0.15) is 11.6 Å². The Hall–Kier alpha value is -3.27. The molecule has 2 aliphatic heterocycles. The molecule has 162 valence electrons. The molecule has 2 N–H and O–H groups in total. The lowest BCUT2D eigenvalue weighted by atomic mass is 9.82. The average molecular weight is 420 g/mol. The van der Waals surface area contributed by atoms with Gasteiger partial charge in [0.25, 0.3) is 0 Å². The molecule has 4 rings (SSSR count). The second kappa shape index (κ2) is 8.10. The summed E-state index contributed by atoms with van der Waals surface area (Å²) in [5.41, 5.74) is 10.2. The minimum Gasteiger partial charge on any atom is -0.422 e. The number of aromatic nitrogens is 2. The molecule has 1 fully saturated rings. The monoisotopic (exact) mass is 419 g/mol. The van der Waals surface area contributed by atoms with E-state index in [2.05, 4.69) is 19.9 Å². The fourth-order valence-electron chi connectivity index (χ4n) is 4.42. The van der Waals surface area contributed by atoms with Crippen molar-refractivity contribution in [1.82, 2.24) is 9.78 Å². The summed E-state index contributed by atoms with van der Waals surface area (Å²) in [6.45, 7) is 9.00. The van der Waals surface area contributed by atoms with Crippen LogP contribution in [0.2, 0.25) is 0 Å². The van der Waals surface area contributed by atoms with Crippen molar-refractivity contribution in [3.8, 4) is 11.9 Å². The minimum absolute atomic E-state index is 0.0887. The maximum absolute atomic E-state index is 12.3. The first-order chi connectivity index (χ1) is 14.8. The summed E-state index contributed by atoms with van der Waals surface area (Å²) < 4.78 is 7.77. The standard InChI is InChI=1S/C24H29N5O2/c1-14(2)22-21-20(18(13-25)23(26)31-24(21)29(27-22)15(3)4)16-8-10-17(11-9-16)28-12-6-5-7-19(28)30/h8-11,14-15,20H,5-7,12,26H2,1-4H3. The number of carbonyl (C=O) groups is 1. The SMILES string of the molecule is CC(C)c1nn(C(C)C)c2c1C(c1ccc(N3CCCCC3=O)cc1)C(C#N)=C(N)O2. The van der Waals surface area contributed by atoms with Crippen molar-refractivity contribution in [2.75, 3.05) is 11.4 Å². The molecular weight excluding hydrogens is 390 g/mol. The van der Waals surface area contributed by atoms with Gasteiger partial charge in [-0.25, -0.2) is 4.68 Å². The third kappa shape index (κ3) is 3.56. The van der Waals surface area contributed by atoms with Crippen LogP contribution in [0.5, 0.6) is 5.88 Å². The Morgan fingerprint density at radius 3 is 2.48 bits per heavy atom. The van der Waals surface area contributed by atoms with Crippen LogP contribution in [0.1, 0.15) is 81.7 Å². The molecule has 0 aliphatic carbocycles. The third-order valence-corrected chi connectivity index (χ3v) is 6.00. The molecule has 0 spiro atoms. The second-order valence-corrected chi connectivity index (χ2v) is 8.82. The lowest BCUT2D eigenvalue weighted by molar-refractivity contribution is -0.119. The summed E-state index contributed by atoms with van der Waals surface area (Å²) in [6.07, 6.45) is 2.56. The number of nitriles is 1. The Labute approximate surface area is 183 Å². The van der Waals surface area contributed by atoms with Crippen LogP contribution in [0.3, 0.4) is 0 Å². The zero-order valence-electron chi connectivity index (χ0n) is 18.6. The molecule has 1 aromatic heterocycles. The van der Waals surface area contributed by atoms with E-state index in [1.54, 1.807) is 0 Å². The predicted octanol–water partition coefficient (Wildman–Crippen LogP) is 4.32. The summed E-state index contributed by atoms with van der Waals surface area (Å²) in [7, 11) is 0. The molecule has 1 aromatic carbocycles. The van der Waals surface area contributed by atoms with Gasteiger partial charge in [0.2, 0.25) is 17.7 Å². The van der Waals surface area contributed by atoms with E-state index in [-0.39, 0.29) is 29.7 Å². The van der Waals surface area contributed by atoms with Crippen molar-refractivity contribution in [2.45, 2.75) is 64.8 Å². The second-order valence-electron chi connectivity index (χ2n) is 8.82. The molecule has 0 saturated carbocycles. The molecule has 2 aromatic rings. The highest BCUT2D eigenvalue weighted by Gasteiger charge is 2.38. The lowest BCUT2D eigenvalue weighted by Crippen LogP contribution is -2.35. The number of hydrogen-bond donors (Lipinski definition) is 1. The molecule has 1 saturated heterocycles. The smallest absolute Gasteiger partial charge is 0.226 e. The van der Waals surface area contributed by atoms with Gasteiger partial charge in [0.15, 0.2) is 0 Å². The van der Waals surface area contributed by atoms with Crippen molar-refractivity contribution in [2.24, 2.45) is 5.73 Å². The molecule has 7 heteroatoms. The molecular formula is C24H29N5O2. The number of nitrogens with zero attached hydrogens (tertiary/aromatic N) is 4. The average Bonchev–Trinajstić information content (AvgIpc) is 3.13. The van der Waals surface area contributed by atoms with Crippen LogP contribution < -0.4 is 15.4 Å². The quantitative estimate of drug-likeness (QED) is 0.796. The molecule has 1 unspecified atom stereocenters. The molecule has 3 heterocycles. The Kier molecular flexibility index (Phi) is 5.48.